The van der Waals surface area contributed by atoms with Crippen molar-refractivity contribution < 1.29 is 4.39 Å². The van der Waals surface area contributed by atoms with Gasteiger partial charge in [0.1, 0.15) is 11.7 Å². The zero-order valence-electron chi connectivity index (χ0n) is 9.85. The molecule has 2 heterocycles. The Kier molecular flexibility index (Phi) is 4.10. The summed E-state index contributed by atoms with van der Waals surface area (Å²) in [6, 6.07) is 3.90. The van der Waals surface area contributed by atoms with Gasteiger partial charge in [0.2, 0.25) is 0 Å². The molecule has 2 nitrogen and oxygen atoms in total. The molecule has 0 aliphatic rings. The summed E-state index contributed by atoms with van der Waals surface area (Å²) in [6.07, 6.45) is 11.8. The van der Waals surface area contributed by atoms with E-state index in [-0.39, 0.29) is 5.83 Å². The van der Waals surface area contributed by atoms with Crippen LogP contribution in [0.1, 0.15) is 12.7 Å². The zero-order valence-corrected chi connectivity index (χ0v) is 11.4. The van der Waals surface area contributed by atoms with Crippen molar-refractivity contribution in [1.29, 1.82) is 0 Å². The lowest BCUT2D eigenvalue weighted by atomic mass is 10.4. The fourth-order valence-corrected chi connectivity index (χ4v) is 1.96. The lowest BCUT2D eigenvalue weighted by molar-refractivity contribution is 0.665. The average molecular weight is 307 g/mol. The number of pyridine rings is 1. The van der Waals surface area contributed by atoms with Crippen molar-refractivity contribution in [2.24, 2.45) is 0 Å². The van der Waals surface area contributed by atoms with Crippen LogP contribution < -0.4 is 0 Å². The predicted molar refractivity (Wildman–Crippen MR) is 75.9 cm³/mol. The summed E-state index contributed by atoms with van der Waals surface area (Å²) < 4.78 is 15.8. The van der Waals surface area contributed by atoms with Crippen LogP contribution >= 0.6 is 15.9 Å². The SMILES string of the molecule is C\C=C(F)/C=C\C=C\c1ncc2c(Br)cccn12. The number of rotatable bonds is 3. The summed E-state index contributed by atoms with van der Waals surface area (Å²) in [4.78, 5) is 4.30. The maximum atomic E-state index is 12.8. The van der Waals surface area contributed by atoms with Crippen LogP contribution in [0.5, 0.6) is 0 Å². The number of hydrogen-bond donors (Lipinski definition) is 0. The van der Waals surface area contributed by atoms with E-state index >= 15 is 0 Å². The molecule has 0 aromatic carbocycles. The number of nitrogens with zero attached hydrogens (tertiary/aromatic N) is 2. The molecule has 0 unspecified atom stereocenters. The van der Waals surface area contributed by atoms with Gasteiger partial charge in [0.25, 0.3) is 0 Å². The quantitative estimate of drug-likeness (QED) is 0.761. The Morgan fingerprint density at radius 3 is 3.06 bits per heavy atom. The molecule has 0 aliphatic heterocycles. The Bertz CT molecular complexity index is 638. The first-order chi connectivity index (χ1) is 8.72. The van der Waals surface area contributed by atoms with Crippen LogP contribution in [-0.4, -0.2) is 9.38 Å². The van der Waals surface area contributed by atoms with Crippen molar-refractivity contribution in [1.82, 2.24) is 9.38 Å². The van der Waals surface area contributed by atoms with Gasteiger partial charge in [-0.25, -0.2) is 9.37 Å². The van der Waals surface area contributed by atoms with E-state index < -0.39 is 0 Å². The normalized spacial score (nSPS) is 13.2. The van der Waals surface area contributed by atoms with E-state index in [2.05, 4.69) is 20.9 Å². The number of imidazole rings is 1. The summed E-state index contributed by atoms with van der Waals surface area (Å²) in [5, 5.41) is 0. The van der Waals surface area contributed by atoms with E-state index in [1.54, 1.807) is 25.3 Å². The van der Waals surface area contributed by atoms with Gasteiger partial charge in [-0.15, -0.1) is 0 Å². The standard InChI is InChI=1S/C14H12BrFN2/c1-2-11(16)6-3-4-8-14-17-10-13-12(15)7-5-9-18(13)14/h2-10H,1H3/b6-3-,8-4+,11-2+. The first kappa shape index (κ1) is 12.8. The van der Waals surface area contributed by atoms with E-state index in [1.807, 2.05) is 28.8 Å². The Morgan fingerprint density at radius 1 is 1.44 bits per heavy atom. The highest BCUT2D eigenvalue weighted by Crippen LogP contribution is 2.18. The van der Waals surface area contributed by atoms with Crippen molar-refractivity contribution in [3.8, 4) is 0 Å². The van der Waals surface area contributed by atoms with Gasteiger partial charge >= 0.3 is 0 Å². The van der Waals surface area contributed by atoms with Crippen molar-refractivity contribution >= 4 is 27.5 Å². The second-order valence-corrected chi connectivity index (χ2v) is 4.47. The highest BCUT2D eigenvalue weighted by molar-refractivity contribution is 9.10. The Balaban J connectivity index is 2.25. The van der Waals surface area contributed by atoms with Gasteiger partial charge in [-0.2, -0.15) is 0 Å². The molecule has 4 heteroatoms. The Morgan fingerprint density at radius 2 is 2.28 bits per heavy atom. The third-order valence-electron chi connectivity index (χ3n) is 2.44. The van der Waals surface area contributed by atoms with Crippen LogP contribution in [0.3, 0.4) is 0 Å². The van der Waals surface area contributed by atoms with Crippen molar-refractivity contribution in [2.75, 3.05) is 0 Å². The molecular weight excluding hydrogens is 295 g/mol. The van der Waals surface area contributed by atoms with Gasteiger partial charge in [-0.3, -0.25) is 4.40 Å². The molecule has 0 bridgehead atoms. The minimum atomic E-state index is -0.254. The largest absolute Gasteiger partial charge is 0.299 e. The summed E-state index contributed by atoms with van der Waals surface area (Å²) in [5.41, 5.74) is 1.00. The van der Waals surface area contributed by atoms with Gasteiger partial charge in [0.05, 0.1) is 11.7 Å². The molecule has 0 N–H and O–H groups in total. The molecule has 2 aromatic heterocycles. The summed E-state index contributed by atoms with van der Waals surface area (Å²) in [7, 11) is 0. The van der Waals surface area contributed by atoms with E-state index in [9.17, 15) is 4.39 Å². The van der Waals surface area contributed by atoms with E-state index in [1.165, 1.54) is 12.2 Å². The average Bonchev–Trinajstić information content (AvgIpc) is 2.79. The summed E-state index contributed by atoms with van der Waals surface area (Å²) >= 11 is 3.46. The van der Waals surface area contributed by atoms with Gasteiger partial charge in [0.15, 0.2) is 0 Å². The molecule has 18 heavy (non-hydrogen) atoms. The molecule has 0 atom stereocenters. The van der Waals surface area contributed by atoms with Crippen LogP contribution in [0.15, 0.2) is 59.1 Å². The number of aromatic nitrogens is 2. The fourth-order valence-electron chi connectivity index (χ4n) is 1.52. The molecule has 0 amide bonds. The molecule has 92 valence electrons. The Hall–Kier alpha value is -1.68. The van der Waals surface area contributed by atoms with Gasteiger partial charge in [-0.1, -0.05) is 18.2 Å². The maximum Gasteiger partial charge on any atom is 0.137 e. The zero-order chi connectivity index (χ0) is 13.0. The second-order valence-electron chi connectivity index (χ2n) is 3.62. The smallest absolute Gasteiger partial charge is 0.137 e. The molecule has 0 spiro atoms. The molecule has 0 saturated carbocycles. The maximum absolute atomic E-state index is 12.8. The highest BCUT2D eigenvalue weighted by atomic mass is 79.9. The summed E-state index contributed by atoms with van der Waals surface area (Å²) in [5.74, 6) is 0.548. The topological polar surface area (TPSA) is 17.3 Å². The molecule has 2 rings (SSSR count). The minimum Gasteiger partial charge on any atom is -0.299 e. The van der Waals surface area contributed by atoms with Gasteiger partial charge < -0.3 is 0 Å². The van der Waals surface area contributed by atoms with Crippen molar-refractivity contribution in [3.05, 3.63) is 65.0 Å². The fraction of sp³-hybridized carbons (Fsp3) is 0.0714. The van der Waals surface area contributed by atoms with Crippen LogP contribution in [0.4, 0.5) is 4.39 Å². The monoisotopic (exact) mass is 306 g/mol. The van der Waals surface area contributed by atoms with E-state index in [0.717, 1.165) is 15.8 Å². The first-order valence-corrected chi connectivity index (χ1v) is 6.30. The minimum absolute atomic E-state index is 0.254. The molecule has 0 aliphatic carbocycles. The number of halogens is 2. The van der Waals surface area contributed by atoms with Crippen molar-refractivity contribution in [3.63, 3.8) is 0 Å². The van der Waals surface area contributed by atoms with Crippen LogP contribution in [0.2, 0.25) is 0 Å². The predicted octanol–water partition coefficient (Wildman–Crippen LogP) is 4.54. The number of allylic oxidation sites excluding steroid dienone is 5. The lowest BCUT2D eigenvalue weighted by Crippen LogP contribution is -1.86. The molecule has 2 aromatic rings. The van der Waals surface area contributed by atoms with Crippen LogP contribution in [0, 0.1) is 0 Å². The number of fused-ring (bicyclic) bond motifs is 1. The second kappa shape index (κ2) is 5.78. The van der Waals surface area contributed by atoms with E-state index in [4.69, 9.17) is 0 Å². The lowest BCUT2D eigenvalue weighted by Gasteiger charge is -1.97. The van der Waals surface area contributed by atoms with Crippen LogP contribution in [0.25, 0.3) is 11.6 Å². The third-order valence-corrected chi connectivity index (χ3v) is 3.11. The third kappa shape index (κ3) is 2.76. The Labute approximate surface area is 113 Å². The first-order valence-electron chi connectivity index (χ1n) is 5.50. The van der Waals surface area contributed by atoms with E-state index in [0.29, 0.717) is 0 Å². The van der Waals surface area contributed by atoms with Gasteiger partial charge in [-0.05, 0) is 47.1 Å². The van der Waals surface area contributed by atoms with Crippen molar-refractivity contribution in [2.45, 2.75) is 6.92 Å². The molecule has 0 fully saturated rings. The van der Waals surface area contributed by atoms with Crippen LogP contribution in [-0.2, 0) is 0 Å². The molecule has 0 saturated heterocycles. The van der Waals surface area contributed by atoms with Gasteiger partial charge in [0, 0.05) is 10.7 Å². The number of hydrogen-bond acceptors (Lipinski definition) is 1. The summed E-state index contributed by atoms with van der Waals surface area (Å²) in [6.45, 7) is 1.66. The highest BCUT2D eigenvalue weighted by Gasteiger charge is 2.01. The molecule has 0 radical (unpaired) electrons. The molecular formula is C14H12BrFN2.